The number of amides is 2. The Kier molecular flexibility index (Phi) is 9.97. The Morgan fingerprint density at radius 2 is 1.69 bits per heavy atom. The van der Waals surface area contributed by atoms with Crippen molar-refractivity contribution in [2.75, 3.05) is 24.3 Å². The minimum Gasteiger partial charge on any atom is -0.380 e. The molecule has 1 saturated carbocycles. The Labute approximate surface area is 267 Å². The molecule has 2 N–H and O–H groups in total. The quantitative estimate of drug-likeness (QED) is 0.281. The molecule has 7 heteroatoms. The maximum Gasteiger partial charge on any atom is 0.257 e. The summed E-state index contributed by atoms with van der Waals surface area (Å²) in [5.41, 5.74) is 4.26. The molecule has 5 atom stereocenters. The maximum atomic E-state index is 15.1. The van der Waals surface area contributed by atoms with Crippen molar-refractivity contribution in [1.29, 1.82) is 0 Å². The van der Waals surface area contributed by atoms with Gasteiger partial charge in [-0.15, -0.1) is 0 Å². The number of halogens is 1. The van der Waals surface area contributed by atoms with Crippen LogP contribution in [0.2, 0.25) is 0 Å². The van der Waals surface area contributed by atoms with Crippen molar-refractivity contribution in [3.05, 3.63) is 94.8 Å². The van der Waals surface area contributed by atoms with Crippen molar-refractivity contribution in [1.82, 2.24) is 4.90 Å². The summed E-state index contributed by atoms with van der Waals surface area (Å²) < 4.78 is 20.9. The van der Waals surface area contributed by atoms with Crippen LogP contribution in [0.4, 0.5) is 15.8 Å². The fraction of sp³-hybridized carbons (Fsp3) is 0.474. The summed E-state index contributed by atoms with van der Waals surface area (Å²) in [7, 11) is 1.77. The van der Waals surface area contributed by atoms with Gasteiger partial charge in [-0.1, -0.05) is 64.1 Å². The summed E-state index contributed by atoms with van der Waals surface area (Å²) in [5.74, 6) is -0.957. The van der Waals surface area contributed by atoms with Gasteiger partial charge in [0.25, 0.3) is 5.91 Å². The number of hydrogen-bond acceptors (Lipinski definition) is 4. The highest BCUT2D eigenvalue weighted by molar-refractivity contribution is 5.98. The summed E-state index contributed by atoms with van der Waals surface area (Å²) in [6, 6.07) is 20.3. The van der Waals surface area contributed by atoms with Crippen molar-refractivity contribution in [2.24, 2.45) is 11.8 Å². The number of anilines is 2. The standard InChI is InChI=1S/C38H48FN3O3/c1-24-15-20-33(45-6)32(22-24)40-28-18-16-26(17-19-28)35-30(36(43)41-29-12-8-11-27(23-29)38(3,4)5)13-9-21-42(35)37(44)34-25(2)10-7-14-31(34)39/h7-8,10-12,14,16-19,23-24,30,32-33,35,40H,9,13,15,20-22H2,1-6H3,(H,41,43)/t24-,30?,32?,33?,35?/m1/s1. The lowest BCUT2D eigenvalue weighted by Gasteiger charge is -2.41. The lowest BCUT2D eigenvalue weighted by molar-refractivity contribution is -0.123. The lowest BCUT2D eigenvalue weighted by Crippen LogP contribution is -2.46. The van der Waals surface area contributed by atoms with E-state index in [1.807, 2.05) is 42.5 Å². The fourth-order valence-corrected chi connectivity index (χ4v) is 7.03. The van der Waals surface area contributed by atoms with Gasteiger partial charge in [-0.2, -0.15) is 0 Å². The zero-order chi connectivity index (χ0) is 32.3. The number of carbonyl (C=O) groups excluding carboxylic acids is 2. The van der Waals surface area contributed by atoms with Crippen LogP contribution in [0, 0.1) is 24.6 Å². The number of aryl methyl sites for hydroxylation is 1. The zero-order valence-electron chi connectivity index (χ0n) is 27.5. The number of piperidine rings is 1. The van der Waals surface area contributed by atoms with Gasteiger partial charge in [0.15, 0.2) is 0 Å². The van der Waals surface area contributed by atoms with Crippen molar-refractivity contribution in [3.8, 4) is 0 Å². The molecule has 6 nitrogen and oxygen atoms in total. The van der Waals surface area contributed by atoms with Gasteiger partial charge in [-0.3, -0.25) is 9.59 Å². The van der Waals surface area contributed by atoms with Gasteiger partial charge in [0.1, 0.15) is 5.82 Å². The maximum absolute atomic E-state index is 15.1. The largest absolute Gasteiger partial charge is 0.380 e. The van der Waals surface area contributed by atoms with Gasteiger partial charge in [0.2, 0.25) is 5.91 Å². The molecule has 0 spiro atoms. The number of likely N-dealkylation sites (tertiary alicyclic amines) is 1. The predicted octanol–water partition coefficient (Wildman–Crippen LogP) is 8.28. The summed E-state index contributed by atoms with van der Waals surface area (Å²) in [4.78, 5) is 29.8. The van der Waals surface area contributed by atoms with Gasteiger partial charge in [-0.25, -0.2) is 4.39 Å². The third-order valence-corrected chi connectivity index (χ3v) is 9.62. The number of carbonyl (C=O) groups is 2. The predicted molar refractivity (Wildman–Crippen MR) is 179 cm³/mol. The topological polar surface area (TPSA) is 70.7 Å². The summed E-state index contributed by atoms with van der Waals surface area (Å²) in [6.07, 6.45) is 4.63. The summed E-state index contributed by atoms with van der Waals surface area (Å²) in [5, 5.41) is 6.82. The minimum atomic E-state index is -0.550. The van der Waals surface area contributed by atoms with E-state index in [-0.39, 0.29) is 34.9 Å². The van der Waals surface area contributed by atoms with Crippen molar-refractivity contribution < 1.29 is 18.7 Å². The smallest absolute Gasteiger partial charge is 0.257 e. The Balaban J connectivity index is 1.46. The molecule has 2 aliphatic rings. The molecular weight excluding hydrogens is 565 g/mol. The van der Waals surface area contributed by atoms with Crippen LogP contribution in [-0.2, 0) is 14.9 Å². The van der Waals surface area contributed by atoms with Crippen LogP contribution >= 0.6 is 0 Å². The second-order valence-electron chi connectivity index (χ2n) is 14.0. The van der Waals surface area contributed by atoms with Gasteiger partial charge in [0, 0.05) is 25.0 Å². The van der Waals surface area contributed by atoms with Gasteiger partial charge < -0.3 is 20.3 Å². The van der Waals surface area contributed by atoms with E-state index in [9.17, 15) is 9.59 Å². The van der Waals surface area contributed by atoms with E-state index >= 15 is 4.39 Å². The molecule has 1 aliphatic carbocycles. The van der Waals surface area contributed by atoms with Gasteiger partial charge in [0.05, 0.1) is 29.7 Å². The molecule has 1 saturated heterocycles. The normalized spacial score (nSPS) is 23.8. The molecule has 0 radical (unpaired) electrons. The van der Waals surface area contributed by atoms with Crippen molar-refractivity contribution in [3.63, 3.8) is 0 Å². The first-order valence-corrected chi connectivity index (χ1v) is 16.3. The number of hydrogen-bond donors (Lipinski definition) is 2. The second-order valence-corrected chi connectivity index (χ2v) is 14.0. The number of methoxy groups -OCH3 is 1. The Morgan fingerprint density at radius 1 is 0.956 bits per heavy atom. The molecule has 1 heterocycles. The molecule has 0 bridgehead atoms. The van der Waals surface area contributed by atoms with Gasteiger partial charge >= 0.3 is 0 Å². The van der Waals surface area contributed by atoms with E-state index in [0.29, 0.717) is 30.9 Å². The molecule has 5 rings (SSSR count). The third kappa shape index (κ3) is 7.41. The van der Waals surface area contributed by atoms with Crippen LogP contribution in [0.5, 0.6) is 0 Å². The average Bonchev–Trinajstić information content (AvgIpc) is 3.01. The van der Waals surface area contributed by atoms with E-state index < -0.39 is 17.8 Å². The van der Waals surface area contributed by atoms with E-state index in [1.165, 1.54) is 6.07 Å². The molecule has 1 aliphatic heterocycles. The average molecular weight is 614 g/mol. The first-order chi connectivity index (χ1) is 21.5. The van der Waals surface area contributed by atoms with Crippen LogP contribution in [0.15, 0.2) is 66.7 Å². The van der Waals surface area contributed by atoms with Crippen LogP contribution in [0.3, 0.4) is 0 Å². The highest BCUT2D eigenvalue weighted by Gasteiger charge is 2.41. The molecule has 240 valence electrons. The second kappa shape index (κ2) is 13.7. The molecule has 45 heavy (non-hydrogen) atoms. The molecule has 0 aromatic heterocycles. The molecular formula is C38H48FN3O3. The van der Waals surface area contributed by atoms with Crippen LogP contribution in [0.1, 0.15) is 92.9 Å². The molecule has 3 aromatic rings. The number of nitrogens with zero attached hydrogens (tertiary/aromatic N) is 1. The molecule has 2 amide bonds. The Hall–Kier alpha value is -3.71. The van der Waals surface area contributed by atoms with E-state index in [2.05, 4.69) is 44.4 Å². The Bertz CT molecular complexity index is 1480. The summed E-state index contributed by atoms with van der Waals surface area (Å²) >= 11 is 0. The van der Waals surface area contributed by atoms with Crippen LogP contribution < -0.4 is 10.6 Å². The SMILES string of the molecule is COC1CC[C@@H](C)CC1Nc1ccc(C2C(C(=O)Nc3cccc(C(C)(C)C)c3)CCCN2C(=O)c2c(C)cccc2F)cc1. The number of ether oxygens (including phenoxy) is 1. The van der Waals surface area contributed by atoms with Gasteiger partial charge in [-0.05, 0) is 97.4 Å². The first-order valence-electron chi connectivity index (χ1n) is 16.3. The fourth-order valence-electron chi connectivity index (χ4n) is 7.03. The molecule has 3 aromatic carbocycles. The number of benzene rings is 3. The Morgan fingerprint density at radius 3 is 2.38 bits per heavy atom. The monoisotopic (exact) mass is 613 g/mol. The third-order valence-electron chi connectivity index (χ3n) is 9.62. The van der Waals surface area contributed by atoms with Crippen molar-refractivity contribution >= 4 is 23.2 Å². The van der Waals surface area contributed by atoms with Crippen LogP contribution in [0.25, 0.3) is 0 Å². The highest BCUT2D eigenvalue weighted by atomic mass is 19.1. The van der Waals surface area contributed by atoms with E-state index in [1.54, 1.807) is 31.1 Å². The van der Waals surface area contributed by atoms with Crippen LogP contribution in [-0.4, -0.2) is 42.5 Å². The summed E-state index contributed by atoms with van der Waals surface area (Å²) in [6.45, 7) is 10.9. The van der Waals surface area contributed by atoms with E-state index in [4.69, 9.17) is 4.74 Å². The lowest BCUT2D eigenvalue weighted by atomic mass is 9.82. The molecule has 4 unspecified atom stereocenters. The number of nitrogens with one attached hydrogen (secondary N) is 2. The highest BCUT2D eigenvalue weighted by Crippen LogP contribution is 2.39. The van der Waals surface area contributed by atoms with Crippen molar-refractivity contribution in [2.45, 2.75) is 90.3 Å². The van der Waals surface area contributed by atoms with E-state index in [0.717, 1.165) is 41.8 Å². The number of rotatable bonds is 7. The minimum absolute atomic E-state index is 0.0658. The zero-order valence-corrected chi connectivity index (χ0v) is 27.5. The first kappa shape index (κ1) is 32.7. The molecule has 2 fully saturated rings.